The maximum Gasteiger partial charge on any atom is 0.270 e. The Morgan fingerprint density at radius 3 is 2.60 bits per heavy atom. The monoisotopic (exact) mass is 533 g/mol. The number of carbonyl (C=O) groups excluding carboxylic acids is 1. The Morgan fingerprint density at radius 1 is 1.20 bits per heavy atom. The molecule has 0 fully saturated rings. The SMILES string of the molecule is N#CC(=Cc1ccc(-c2ccc([N+](=O)[O-])cc2Br)o1)C(=O)Nc1ccc(Br)cc1F. The van der Waals surface area contributed by atoms with Crippen LogP contribution in [0, 0.1) is 27.3 Å². The summed E-state index contributed by atoms with van der Waals surface area (Å²) in [7, 11) is 0. The van der Waals surface area contributed by atoms with Gasteiger partial charge < -0.3 is 9.73 Å². The third-order valence-electron chi connectivity index (χ3n) is 3.89. The maximum atomic E-state index is 13.9. The van der Waals surface area contributed by atoms with E-state index < -0.39 is 16.6 Å². The average Bonchev–Trinajstić information content (AvgIpc) is 3.16. The fourth-order valence-electron chi connectivity index (χ4n) is 2.46. The molecule has 1 N–H and O–H groups in total. The highest BCUT2D eigenvalue weighted by molar-refractivity contribution is 9.10. The smallest absolute Gasteiger partial charge is 0.270 e. The normalized spacial score (nSPS) is 11.1. The molecule has 0 spiro atoms. The summed E-state index contributed by atoms with van der Waals surface area (Å²) in [5, 5.41) is 22.5. The lowest BCUT2D eigenvalue weighted by Gasteiger charge is -2.05. The molecule has 0 atom stereocenters. The number of hydrogen-bond acceptors (Lipinski definition) is 5. The zero-order valence-corrected chi connectivity index (χ0v) is 18.0. The van der Waals surface area contributed by atoms with Gasteiger partial charge in [0.1, 0.15) is 29.0 Å². The van der Waals surface area contributed by atoms with Crippen LogP contribution in [0.25, 0.3) is 17.4 Å². The molecule has 10 heteroatoms. The van der Waals surface area contributed by atoms with E-state index in [-0.39, 0.29) is 22.7 Å². The van der Waals surface area contributed by atoms with Crippen molar-refractivity contribution in [3.8, 4) is 17.4 Å². The standard InChI is InChI=1S/C20H10Br2FN3O4/c21-12-1-5-18(17(23)8-12)25-20(27)11(10-24)7-14-3-6-19(30-14)15-4-2-13(26(28)29)9-16(15)22/h1-9H,(H,25,27). The molecule has 0 aliphatic heterocycles. The number of carbonyl (C=O) groups is 1. The van der Waals surface area contributed by atoms with Gasteiger partial charge in [0.25, 0.3) is 11.6 Å². The van der Waals surface area contributed by atoms with E-state index in [0.717, 1.165) is 0 Å². The summed E-state index contributed by atoms with van der Waals surface area (Å²) < 4.78 is 20.5. The number of nitro groups is 1. The van der Waals surface area contributed by atoms with E-state index in [4.69, 9.17) is 4.42 Å². The molecule has 30 heavy (non-hydrogen) atoms. The number of non-ortho nitro benzene ring substituents is 1. The van der Waals surface area contributed by atoms with E-state index in [1.54, 1.807) is 18.2 Å². The van der Waals surface area contributed by atoms with Crippen molar-refractivity contribution in [2.75, 3.05) is 5.32 Å². The summed E-state index contributed by atoms with van der Waals surface area (Å²) in [6, 6.07) is 13.2. The largest absolute Gasteiger partial charge is 0.457 e. The Balaban J connectivity index is 1.84. The summed E-state index contributed by atoms with van der Waals surface area (Å²) >= 11 is 6.38. The summed E-state index contributed by atoms with van der Waals surface area (Å²) in [5.74, 6) is -0.871. The molecule has 7 nitrogen and oxygen atoms in total. The first kappa shape index (κ1) is 21.4. The molecule has 0 aliphatic rings. The number of nitro benzene ring substituents is 1. The highest BCUT2D eigenvalue weighted by atomic mass is 79.9. The van der Waals surface area contributed by atoms with Crippen LogP contribution < -0.4 is 5.32 Å². The van der Waals surface area contributed by atoms with E-state index in [1.165, 1.54) is 42.5 Å². The average molecular weight is 535 g/mol. The third-order valence-corrected chi connectivity index (χ3v) is 5.04. The molecule has 0 unspecified atom stereocenters. The predicted molar refractivity (Wildman–Crippen MR) is 115 cm³/mol. The van der Waals surface area contributed by atoms with Crippen LogP contribution in [-0.2, 0) is 4.79 Å². The molecule has 150 valence electrons. The van der Waals surface area contributed by atoms with Crippen molar-refractivity contribution in [2.24, 2.45) is 0 Å². The Kier molecular flexibility index (Phi) is 6.44. The first-order chi connectivity index (χ1) is 14.3. The number of nitrogens with one attached hydrogen (secondary N) is 1. The van der Waals surface area contributed by atoms with Gasteiger partial charge in [-0.15, -0.1) is 0 Å². The first-order valence-electron chi connectivity index (χ1n) is 8.21. The summed E-state index contributed by atoms with van der Waals surface area (Å²) in [4.78, 5) is 22.7. The van der Waals surface area contributed by atoms with Crippen LogP contribution in [0.2, 0.25) is 0 Å². The first-order valence-corrected chi connectivity index (χ1v) is 9.79. The number of rotatable bonds is 5. The van der Waals surface area contributed by atoms with Gasteiger partial charge >= 0.3 is 0 Å². The molecule has 0 bridgehead atoms. The Hall–Kier alpha value is -3.29. The van der Waals surface area contributed by atoms with E-state index in [2.05, 4.69) is 37.2 Å². The van der Waals surface area contributed by atoms with Gasteiger partial charge in [-0.3, -0.25) is 14.9 Å². The predicted octanol–water partition coefficient (Wildman–Crippen LogP) is 6.06. The second-order valence-corrected chi connectivity index (χ2v) is 7.64. The van der Waals surface area contributed by atoms with Crippen molar-refractivity contribution in [3.05, 3.63) is 84.7 Å². The van der Waals surface area contributed by atoms with Gasteiger partial charge in [0.05, 0.1) is 10.6 Å². The number of amides is 1. The number of hydrogen-bond donors (Lipinski definition) is 1. The Labute approximate surface area is 186 Å². The molecule has 1 aromatic heterocycles. The lowest BCUT2D eigenvalue weighted by atomic mass is 10.1. The van der Waals surface area contributed by atoms with Gasteiger partial charge in [-0.2, -0.15) is 5.26 Å². The van der Waals surface area contributed by atoms with E-state index in [0.29, 0.717) is 20.3 Å². The van der Waals surface area contributed by atoms with Gasteiger partial charge in [-0.25, -0.2) is 4.39 Å². The van der Waals surface area contributed by atoms with Crippen molar-refractivity contribution in [1.29, 1.82) is 5.26 Å². The second-order valence-electron chi connectivity index (χ2n) is 5.87. The van der Waals surface area contributed by atoms with Gasteiger partial charge in [-0.1, -0.05) is 15.9 Å². The minimum atomic E-state index is -0.798. The zero-order valence-electron chi connectivity index (χ0n) is 14.9. The van der Waals surface area contributed by atoms with Gasteiger partial charge in [0, 0.05) is 32.7 Å². The highest BCUT2D eigenvalue weighted by Crippen LogP contribution is 2.33. The van der Waals surface area contributed by atoms with Gasteiger partial charge in [-0.05, 0) is 52.3 Å². The Morgan fingerprint density at radius 2 is 1.97 bits per heavy atom. The van der Waals surface area contributed by atoms with E-state index >= 15 is 0 Å². The van der Waals surface area contributed by atoms with Gasteiger partial charge in [0.2, 0.25) is 0 Å². The molecule has 2 aromatic carbocycles. The van der Waals surface area contributed by atoms with Crippen LogP contribution >= 0.6 is 31.9 Å². The second kappa shape index (κ2) is 9.02. The number of halogens is 3. The van der Waals surface area contributed by atoms with Crippen LogP contribution in [-0.4, -0.2) is 10.8 Å². The fourth-order valence-corrected chi connectivity index (χ4v) is 3.36. The molecule has 3 rings (SSSR count). The molecule has 0 aliphatic carbocycles. The van der Waals surface area contributed by atoms with Crippen molar-refractivity contribution >= 4 is 55.2 Å². The quantitative estimate of drug-likeness (QED) is 0.185. The number of nitrogens with zero attached hydrogens (tertiary/aromatic N) is 2. The minimum absolute atomic E-state index is 0.0701. The highest BCUT2D eigenvalue weighted by Gasteiger charge is 2.15. The van der Waals surface area contributed by atoms with Crippen molar-refractivity contribution in [3.63, 3.8) is 0 Å². The van der Waals surface area contributed by atoms with Crippen molar-refractivity contribution in [2.45, 2.75) is 0 Å². The van der Waals surface area contributed by atoms with E-state index in [1.807, 2.05) is 0 Å². The molecular weight excluding hydrogens is 525 g/mol. The molecular formula is C20H10Br2FN3O4. The van der Waals surface area contributed by atoms with Crippen LogP contribution in [0.15, 0.2) is 67.5 Å². The van der Waals surface area contributed by atoms with E-state index in [9.17, 15) is 24.6 Å². The number of furan rings is 1. The molecule has 0 radical (unpaired) electrons. The number of nitriles is 1. The minimum Gasteiger partial charge on any atom is -0.457 e. The van der Waals surface area contributed by atoms with Gasteiger partial charge in [0.15, 0.2) is 0 Å². The molecule has 0 saturated heterocycles. The molecule has 1 heterocycles. The van der Waals surface area contributed by atoms with Crippen LogP contribution in [0.4, 0.5) is 15.8 Å². The summed E-state index contributed by atoms with van der Waals surface area (Å²) in [6.07, 6.45) is 1.22. The number of benzene rings is 2. The zero-order chi connectivity index (χ0) is 21.8. The van der Waals surface area contributed by atoms with Crippen LogP contribution in [0.3, 0.4) is 0 Å². The summed E-state index contributed by atoms with van der Waals surface area (Å²) in [5.41, 5.74) is 0.112. The molecule has 3 aromatic rings. The number of anilines is 1. The molecule has 1 amide bonds. The lowest BCUT2D eigenvalue weighted by molar-refractivity contribution is -0.384. The maximum absolute atomic E-state index is 13.9. The van der Waals surface area contributed by atoms with Crippen molar-refractivity contribution < 1.29 is 18.5 Å². The lowest BCUT2D eigenvalue weighted by Crippen LogP contribution is -2.14. The fraction of sp³-hybridized carbons (Fsp3) is 0. The van der Waals surface area contributed by atoms with Crippen LogP contribution in [0.1, 0.15) is 5.76 Å². The topological polar surface area (TPSA) is 109 Å². The third kappa shape index (κ3) is 4.82. The van der Waals surface area contributed by atoms with Crippen LogP contribution in [0.5, 0.6) is 0 Å². The Bertz CT molecular complexity index is 1230. The molecule has 0 saturated carbocycles. The van der Waals surface area contributed by atoms with Crippen molar-refractivity contribution in [1.82, 2.24) is 0 Å². The summed E-state index contributed by atoms with van der Waals surface area (Å²) in [6.45, 7) is 0.